The van der Waals surface area contributed by atoms with Crippen molar-refractivity contribution in [2.75, 3.05) is 0 Å². The topological polar surface area (TPSA) is 72.2 Å². The summed E-state index contributed by atoms with van der Waals surface area (Å²) in [6.45, 7) is 6.66. The highest BCUT2D eigenvalue weighted by Crippen LogP contribution is 2.31. The molecule has 0 amide bonds. The Hall–Kier alpha value is -0.430. The van der Waals surface area contributed by atoms with Gasteiger partial charge in [0.25, 0.3) is 0 Å². The van der Waals surface area contributed by atoms with Crippen molar-refractivity contribution in [3.05, 3.63) is 16.5 Å². The highest BCUT2D eigenvalue weighted by Gasteiger charge is 2.30. The summed E-state index contributed by atoms with van der Waals surface area (Å²) in [4.78, 5) is 0.940. The monoisotopic (exact) mass is 316 g/mol. The fourth-order valence-corrected chi connectivity index (χ4v) is 5.79. The fourth-order valence-electron chi connectivity index (χ4n) is 2.92. The zero-order valence-electron chi connectivity index (χ0n) is 12.3. The summed E-state index contributed by atoms with van der Waals surface area (Å²) < 4.78 is 28.2. The first-order chi connectivity index (χ1) is 9.33. The molecule has 1 aromatic rings. The molecule has 6 heteroatoms. The van der Waals surface area contributed by atoms with Crippen LogP contribution >= 0.6 is 11.3 Å². The van der Waals surface area contributed by atoms with Gasteiger partial charge in [0.15, 0.2) is 0 Å². The molecule has 114 valence electrons. The third-order valence-electron chi connectivity index (χ3n) is 4.19. The first kappa shape index (κ1) is 15.9. The Labute approximate surface area is 125 Å². The van der Waals surface area contributed by atoms with Gasteiger partial charge in [0.2, 0.25) is 10.0 Å². The van der Waals surface area contributed by atoms with Crippen LogP contribution in [0.5, 0.6) is 0 Å². The molecule has 1 saturated carbocycles. The summed E-state index contributed by atoms with van der Waals surface area (Å²) in [5.74, 6) is 1.09. The molecule has 0 saturated heterocycles. The van der Waals surface area contributed by atoms with E-state index in [0.717, 1.165) is 29.7 Å². The highest BCUT2D eigenvalue weighted by molar-refractivity contribution is 7.91. The SMILES string of the molecule is Cc1cc(S(=O)(=O)NC2CCC(C)CC2C)sc1CN. The lowest BCUT2D eigenvalue weighted by Crippen LogP contribution is -2.42. The molecule has 0 radical (unpaired) electrons. The zero-order chi connectivity index (χ0) is 14.9. The molecule has 2 rings (SSSR count). The van der Waals surface area contributed by atoms with Crippen molar-refractivity contribution in [2.24, 2.45) is 17.6 Å². The van der Waals surface area contributed by atoms with Crippen LogP contribution in [0.3, 0.4) is 0 Å². The first-order valence-electron chi connectivity index (χ1n) is 7.15. The summed E-state index contributed by atoms with van der Waals surface area (Å²) in [5.41, 5.74) is 6.59. The van der Waals surface area contributed by atoms with Crippen molar-refractivity contribution >= 4 is 21.4 Å². The highest BCUT2D eigenvalue weighted by atomic mass is 32.2. The van der Waals surface area contributed by atoms with E-state index in [4.69, 9.17) is 5.73 Å². The molecule has 3 unspecified atom stereocenters. The molecule has 0 spiro atoms. The van der Waals surface area contributed by atoms with Crippen LogP contribution in [-0.4, -0.2) is 14.5 Å². The minimum Gasteiger partial charge on any atom is -0.326 e. The van der Waals surface area contributed by atoms with Gasteiger partial charge in [-0.25, -0.2) is 13.1 Å². The lowest BCUT2D eigenvalue weighted by Gasteiger charge is -2.32. The van der Waals surface area contributed by atoms with E-state index >= 15 is 0 Å². The molecule has 0 aromatic carbocycles. The van der Waals surface area contributed by atoms with E-state index in [1.807, 2.05) is 6.92 Å². The van der Waals surface area contributed by atoms with Gasteiger partial charge in [0, 0.05) is 17.5 Å². The fraction of sp³-hybridized carbons (Fsp3) is 0.714. The van der Waals surface area contributed by atoms with Crippen molar-refractivity contribution in [1.29, 1.82) is 0 Å². The maximum Gasteiger partial charge on any atom is 0.250 e. The minimum absolute atomic E-state index is 0.0555. The Kier molecular flexibility index (Phi) is 4.89. The average Bonchev–Trinajstić information content (AvgIpc) is 2.75. The second kappa shape index (κ2) is 6.13. The van der Waals surface area contributed by atoms with Gasteiger partial charge in [0.05, 0.1) is 0 Å². The van der Waals surface area contributed by atoms with Crippen LogP contribution in [0.15, 0.2) is 10.3 Å². The van der Waals surface area contributed by atoms with Crippen molar-refractivity contribution in [3.8, 4) is 0 Å². The van der Waals surface area contributed by atoms with Gasteiger partial charge >= 0.3 is 0 Å². The van der Waals surface area contributed by atoms with Crippen LogP contribution in [0, 0.1) is 18.8 Å². The molecule has 4 nitrogen and oxygen atoms in total. The average molecular weight is 316 g/mol. The van der Waals surface area contributed by atoms with Crippen LogP contribution in [0.25, 0.3) is 0 Å². The second-order valence-electron chi connectivity index (χ2n) is 6.00. The summed E-state index contributed by atoms with van der Waals surface area (Å²) >= 11 is 1.28. The molecule has 20 heavy (non-hydrogen) atoms. The Morgan fingerprint density at radius 3 is 2.65 bits per heavy atom. The zero-order valence-corrected chi connectivity index (χ0v) is 14.0. The number of thiophene rings is 1. The number of aryl methyl sites for hydroxylation is 1. The molecule has 1 fully saturated rings. The van der Waals surface area contributed by atoms with Crippen molar-refractivity contribution < 1.29 is 8.42 Å². The first-order valence-corrected chi connectivity index (χ1v) is 9.45. The molecule has 1 aliphatic carbocycles. The lowest BCUT2D eigenvalue weighted by molar-refractivity contribution is 0.249. The summed E-state index contributed by atoms with van der Waals surface area (Å²) in [7, 11) is -3.41. The van der Waals surface area contributed by atoms with E-state index in [0.29, 0.717) is 22.6 Å². The molecule has 3 atom stereocenters. The predicted molar refractivity (Wildman–Crippen MR) is 83.2 cm³/mol. The van der Waals surface area contributed by atoms with Crippen LogP contribution in [0.2, 0.25) is 0 Å². The van der Waals surface area contributed by atoms with Crippen molar-refractivity contribution in [1.82, 2.24) is 4.72 Å². The van der Waals surface area contributed by atoms with E-state index in [-0.39, 0.29) is 6.04 Å². The third kappa shape index (κ3) is 3.42. The van der Waals surface area contributed by atoms with Crippen molar-refractivity contribution in [3.63, 3.8) is 0 Å². The van der Waals surface area contributed by atoms with Gasteiger partial charge < -0.3 is 5.73 Å². The number of nitrogens with one attached hydrogen (secondary N) is 1. The Morgan fingerprint density at radius 2 is 2.10 bits per heavy atom. The maximum atomic E-state index is 12.5. The van der Waals surface area contributed by atoms with Gasteiger partial charge in [-0.1, -0.05) is 13.8 Å². The molecule has 1 aromatic heterocycles. The lowest BCUT2D eigenvalue weighted by atomic mass is 9.80. The smallest absolute Gasteiger partial charge is 0.250 e. The molecule has 3 N–H and O–H groups in total. The van der Waals surface area contributed by atoms with E-state index < -0.39 is 10.0 Å². The van der Waals surface area contributed by atoms with Gasteiger partial charge in [-0.2, -0.15) is 0 Å². The van der Waals surface area contributed by atoms with E-state index in [1.165, 1.54) is 11.3 Å². The molecular weight excluding hydrogens is 292 g/mol. The standard InChI is InChI=1S/C14H24N2O2S2/c1-9-4-5-12(10(2)6-9)16-20(17,18)14-7-11(3)13(8-15)19-14/h7,9-10,12,16H,4-6,8,15H2,1-3H3. The van der Waals surface area contributed by atoms with E-state index in [2.05, 4.69) is 18.6 Å². The van der Waals surface area contributed by atoms with Gasteiger partial charge in [-0.15, -0.1) is 11.3 Å². The van der Waals surface area contributed by atoms with E-state index in [9.17, 15) is 8.42 Å². The van der Waals surface area contributed by atoms with Crippen molar-refractivity contribution in [2.45, 2.75) is 56.8 Å². The molecule has 0 aliphatic heterocycles. The predicted octanol–water partition coefficient (Wildman–Crippen LogP) is 2.62. The number of rotatable bonds is 4. The van der Waals surface area contributed by atoms with Gasteiger partial charge in [0.1, 0.15) is 4.21 Å². The normalized spacial score (nSPS) is 27.7. The summed E-state index contributed by atoms with van der Waals surface area (Å²) in [6.07, 6.45) is 3.11. The second-order valence-corrected chi connectivity index (χ2v) is 9.08. The third-order valence-corrected chi connectivity index (χ3v) is 7.41. The quantitative estimate of drug-likeness (QED) is 0.897. The molecule has 1 heterocycles. The Morgan fingerprint density at radius 1 is 1.40 bits per heavy atom. The largest absolute Gasteiger partial charge is 0.326 e. The summed E-state index contributed by atoms with van der Waals surface area (Å²) in [5, 5.41) is 0. The maximum absolute atomic E-state index is 12.5. The van der Waals surface area contributed by atoms with Crippen LogP contribution < -0.4 is 10.5 Å². The van der Waals surface area contributed by atoms with Crippen LogP contribution in [-0.2, 0) is 16.6 Å². The van der Waals surface area contributed by atoms with Crippen LogP contribution in [0.1, 0.15) is 43.6 Å². The molecule has 1 aliphatic rings. The van der Waals surface area contributed by atoms with E-state index in [1.54, 1.807) is 6.07 Å². The number of hydrogen-bond donors (Lipinski definition) is 2. The van der Waals surface area contributed by atoms with Crippen LogP contribution in [0.4, 0.5) is 0 Å². The summed E-state index contributed by atoms with van der Waals surface area (Å²) in [6, 6.07) is 1.78. The minimum atomic E-state index is -3.41. The number of hydrogen-bond acceptors (Lipinski definition) is 4. The van der Waals surface area contributed by atoms with Gasteiger partial charge in [-0.3, -0.25) is 0 Å². The number of nitrogens with two attached hydrogens (primary N) is 1. The molecular formula is C14H24N2O2S2. The Bertz CT molecular complexity index is 566. The Balaban J connectivity index is 2.14. The number of sulfonamides is 1. The molecule has 0 bridgehead atoms. The van der Waals surface area contributed by atoms with Gasteiger partial charge in [-0.05, 0) is 49.7 Å².